The number of benzene rings is 1. The molecular formula is C20H21N7O. The van der Waals surface area contributed by atoms with Crippen molar-refractivity contribution in [2.24, 2.45) is 0 Å². The van der Waals surface area contributed by atoms with Crippen molar-refractivity contribution in [1.29, 1.82) is 0 Å². The molecule has 0 radical (unpaired) electrons. The van der Waals surface area contributed by atoms with E-state index in [1.165, 1.54) is 4.52 Å². The first-order valence-corrected chi connectivity index (χ1v) is 9.14. The lowest BCUT2D eigenvalue weighted by Crippen LogP contribution is -2.31. The van der Waals surface area contributed by atoms with Gasteiger partial charge in [-0.2, -0.15) is 10.1 Å². The maximum atomic E-state index is 13.4. The molecule has 0 unspecified atom stereocenters. The maximum Gasteiger partial charge on any atom is 0.298 e. The minimum Gasteiger partial charge on any atom is -0.301 e. The minimum absolute atomic E-state index is 0.112. The number of anilines is 1. The number of hydrogen-bond donors (Lipinski definition) is 0. The van der Waals surface area contributed by atoms with Crippen LogP contribution in [0.1, 0.15) is 34.4 Å². The third-order valence-electron chi connectivity index (χ3n) is 4.57. The Balaban J connectivity index is 1.75. The number of fused-ring (bicyclic) bond motifs is 1. The molecule has 0 saturated heterocycles. The molecule has 0 N–H and O–H groups in total. The third kappa shape index (κ3) is 3.36. The second-order valence-corrected chi connectivity index (χ2v) is 6.63. The van der Waals surface area contributed by atoms with Gasteiger partial charge in [-0.25, -0.2) is 9.50 Å². The Hall–Kier alpha value is -3.55. The van der Waals surface area contributed by atoms with E-state index in [-0.39, 0.29) is 11.7 Å². The molecule has 8 nitrogen and oxygen atoms in total. The van der Waals surface area contributed by atoms with Crippen LogP contribution in [0.5, 0.6) is 0 Å². The quantitative estimate of drug-likeness (QED) is 0.536. The summed E-state index contributed by atoms with van der Waals surface area (Å²) in [6.45, 7) is 7.15. The topological polar surface area (TPSA) is 81.2 Å². The second-order valence-electron chi connectivity index (χ2n) is 6.63. The maximum absolute atomic E-state index is 13.4. The lowest BCUT2D eigenvalue weighted by molar-refractivity contribution is 0.0975. The number of amides is 1. The van der Waals surface area contributed by atoms with Crippen LogP contribution in [-0.2, 0) is 13.1 Å². The van der Waals surface area contributed by atoms with Gasteiger partial charge in [0.2, 0.25) is 5.82 Å². The van der Waals surface area contributed by atoms with Crippen LogP contribution >= 0.6 is 0 Å². The van der Waals surface area contributed by atoms with E-state index in [0.717, 1.165) is 29.1 Å². The predicted molar refractivity (Wildman–Crippen MR) is 105 cm³/mol. The number of carbonyl (C=O) groups is 1. The van der Waals surface area contributed by atoms with E-state index >= 15 is 0 Å². The molecule has 0 aliphatic rings. The van der Waals surface area contributed by atoms with E-state index in [1.807, 2.05) is 55.9 Å². The van der Waals surface area contributed by atoms with Crippen LogP contribution in [-0.4, -0.2) is 35.3 Å². The van der Waals surface area contributed by atoms with E-state index in [9.17, 15) is 4.79 Å². The molecule has 142 valence electrons. The number of rotatable bonds is 5. The van der Waals surface area contributed by atoms with Gasteiger partial charge in [0.25, 0.3) is 11.7 Å². The van der Waals surface area contributed by atoms with Crippen molar-refractivity contribution in [2.45, 2.75) is 33.9 Å². The molecule has 0 saturated carbocycles. The lowest BCUT2D eigenvalue weighted by Gasteiger charge is -2.21. The Morgan fingerprint density at radius 1 is 1.18 bits per heavy atom. The van der Waals surface area contributed by atoms with Gasteiger partial charge in [-0.05, 0) is 44.5 Å². The number of carbonyl (C=O) groups excluding carboxylic acids is 1. The summed E-state index contributed by atoms with van der Waals surface area (Å²) in [6, 6.07) is 9.58. The minimum atomic E-state index is -0.278. The Bertz CT molecular complexity index is 1110. The Morgan fingerprint density at radius 3 is 2.75 bits per heavy atom. The SMILES string of the molecule is CCn1cc(CN(C(=O)c2nc3ncccn3n2)c2cccc(C)c2)c(C)n1. The van der Waals surface area contributed by atoms with Gasteiger partial charge in [0, 0.05) is 36.4 Å². The van der Waals surface area contributed by atoms with Crippen LogP contribution in [0.25, 0.3) is 5.78 Å². The molecule has 1 amide bonds. The van der Waals surface area contributed by atoms with Crippen molar-refractivity contribution in [2.75, 3.05) is 4.90 Å². The first-order valence-electron chi connectivity index (χ1n) is 9.14. The average Bonchev–Trinajstić information content (AvgIpc) is 3.28. The second kappa shape index (κ2) is 7.22. The summed E-state index contributed by atoms with van der Waals surface area (Å²) in [6.07, 6.45) is 5.32. The van der Waals surface area contributed by atoms with Crippen molar-refractivity contribution in [1.82, 2.24) is 29.4 Å². The van der Waals surface area contributed by atoms with E-state index in [1.54, 1.807) is 23.4 Å². The summed E-state index contributed by atoms with van der Waals surface area (Å²) in [5.41, 5.74) is 3.75. The molecule has 0 atom stereocenters. The molecule has 0 fully saturated rings. The third-order valence-corrected chi connectivity index (χ3v) is 4.57. The summed E-state index contributed by atoms with van der Waals surface area (Å²) in [7, 11) is 0. The normalized spacial score (nSPS) is 11.1. The molecule has 0 bridgehead atoms. The monoisotopic (exact) mass is 375 g/mol. The number of hydrogen-bond acceptors (Lipinski definition) is 5. The highest BCUT2D eigenvalue weighted by Crippen LogP contribution is 2.22. The Morgan fingerprint density at radius 2 is 2.04 bits per heavy atom. The number of aryl methyl sites for hydroxylation is 3. The first-order chi connectivity index (χ1) is 13.5. The van der Waals surface area contributed by atoms with Crippen molar-refractivity contribution >= 4 is 17.4 Å². The van der Waals surface area contributed by atoms with Crippen molar-refractivity contribution in [3.8, 4) is 0 Å². The van der Waals surface area contributed by atoms with Gasteiger partial charge >= 0.3 is 0 Å². The molecule has 4 aromatic rings. The van der Waals surface area contributed by atoms with Crippen LogP contribution in [0.3, 0.4) is 0 Å². The predicted octanol–water partition coefficient (Wildman–Crippen LogP) is 2.80. The van der Waals surface area contributed by atoms with E-state index in [0.29, 0.717) is 12.3 Å². The summed E-state index contributed by atoms with van der Waals surface area (Å²) < 4.78 is 3.37. The van der Waals surface area contributed by atoms with Crippen LogP contribution in [0.15, 0.2) is 48.9 Å². The summed E-state index contributed by atoms with van der Waals surface area (Å²) in [5, 5.41) is 8.79. The Labute approximate surface area is 162 Å². The van der Waals surface area contributed by atoms with E-state index in [4.69, 9.17) is 0 Å². The molecule has 3 aromatic heterocycles. The molecule has 0 spiro atoms. The van der Waals surface area contributed by atoms with Gasteiger partial charge in [-0.15, -0.1) is 5.10 Å². The molecular weight excluding hydrogens is 354 g/mol. The Kier molecular flexibility index (Phi) is 4.60. The fourth-order valence-corrected chi connectivity index (χ4v) is 3.07. The van der Waals surface area contributed by atoms with Gasteiger partial charge < -0.3 is 4.90 Å². The number of aromatic nitrogens is 6. The fraction of sp³-hybridized carbons (Fsp3) is 0.250. The van der Waals surface area contributed by atoms with Crippen LogP contribution in [0.4, 0.5) is 5.69 Å². The lowest BCUT2D eigenvalue weighted by atomic mass is 10.1. The average molecular weight is 375 g/mol. The standard InChI is InChI=1S/C20H21N7O/c1-4-25-12-16(15(3)23-25)13-26(17-8-5-7-14(2)11-17)19(28)18-22-20-21-9-6-10-27(20)24-18/h5-12H,4,13H2,1-3H3. The highest BCUT2D eigenvalue weighted by atomic mass is 16.2. The van der Waals surface area contributed by atoms with Crippen LogP contribution < -0.4 is 4.90 Å². The van der Waals surface area contributed by atoms with Crippen LogP contribution in [0.2, 0.25) is 0 Å². The van der Waals surface area contributed by atoms with Crippen molar-refractivity contribution < 1.29 is 4.79 Å². The van der Waals surface area contributed by atoms with Gasteiger partial charge in [0.05, 0.1) is 12.2 Å². The molecule has 28 heavy (non-hydrogen) atoms. The van der Waals surface area contributed by atoms with Gasteiger partial charge in [0.1, 0.15) is 0 Å². The summed E-state index contributed by atoms with van der Waals surface area (Å²) in [5.74, 6) is 0.227. The van der Waals surface area contributed by atoms with Gasteiger partial charge in [0.15, 0.2) is 0 Å². The first kappa shape index (κ1) is 17.8. The van der Waals surface area contributed by atoms with E-state index in [2.05, 4.69) is 20.2 Å². The summed E-state index contributed by atoms with van der Waals surface area (Å²) in [4.78, 5) is 23.5. The molecule has 0 aliphatic carbocycles. The molecule has 8 heteroatoms. The molecule has 4 rings (SSSR count). The van der Waals surface area contributed by atoms with Crippen molar-refractivity contribution in [3.63, 3.8) is 0 Å². The van der Waals surface area contributed by atoms with Gasteiger partial charge in [-0.3, -0.25) is 9.48 Å². The molecule has 1 aromatic carbocycles. The molecule has 0 aliphatic heterocycles. The largest absolute Gasteiger partial charge is 0.301 e. The van der Waals surface area contributed by atoms with Crippen molar-refractivity contribution in [3.05, 3.63) is 71.6 Å². The zero-order valence-corrected chi connectivity index (χ0v) is 16.1. The fourth-order valence-electron chi connectivity index (χ4n) is 3.07. The highest BCUT2D eigenvalue weighted by Gasteiger charge is 2.24. The zero-order chi connectivity index (χ0) is 19.7. The molecule has 3 heterocycles. The van der Waals surface area contributed by atoms with E-state index < -0.39 is 0 Å². The van der Waals surface area contributed by atoms with Gasteiger partial charge in [-0.1, -0.05) is 12.1 Å². The zero-order valence-electron chi connectivity index (χ0n) is 16.1. The number of nitrogens with zero attached hydrogens (tertiary/aromatic N) is 7. The highest BCUT2D eigenvalue weighted by molar-refractivity contribution is 6.03. The summed E-state index contributed by atoms with van der Waals surface area (Å²) >= 11 is 0. The smallest absolute Gasteiger partial charge is 0.298 e. The van der Waals surface area contributed by atoms with Crippen LogP contribution in [0, 0.1) is 13.8 Å².